The average molecular weight is 327 g/mol. The highest BCUT2D eigenvalue weighted by Gasteiger charge is 2.70. The molecule has 128 valence electrons. The van der Waals surface area contributed by atoms with Gasteiger partial charge < -0.3 is 13.3 Å². The smallest absolute Gasteiger partial charge is 0.368 e. The number of hydrogen-bond donors (Lipinski definition) is 0. The van der Waals surface area contributed by atoms with Crippen molar-refractivity contribution >= 4 is 8.80 Å². The quantitative estimate of drug-likeness (QED) is 0.624. The Kier molecular flexibility index (Phi) is 4.73. The van der Waals surface area contributed by atoms with Crippen LogP contribution in [0.4, 0.5) is 0 Å². The van der Waals surface area contributed by atoms with E-state index in [0.717, 1.165) is 6.42 Å². The molecule has 0 heterocycles. The van der Waals surface area contributed by atoms with Gasteiger partial charge in [0.1, 0.15) is 0 Å². The van der Waals surface area contributed by atoms with Crippen molar-refractivity contribution < 1.29 is 13.3 Å². The Morgan fingerprint density at radius 3 is 1.45 bits per heavy atom. The lowest BCUT2D eigenvalue weighted by Crippen LogP contribution is -2.61. The van der Waals surface area contributed by atoms with Gasteiger partial charge in [0.15, 0.2) is 0 Å². The van der Waals surface area contributed by atoms with Gasteiger partial charge in [0.2, 0.25) is 0 Å². The third kappa shape index (κ3) is 2.62. The lowest BCUT2D eigenvalue weighted by molar-refractivity contribution is -0.00278. The molecule has 3 nitrogen and oxygen atoms in total. The molecule has 2 bridgehead atoms. The molecule has 3 aliphatic carbocycles. The van der Waals surface area contributed by atoms with E-state index in [9.17, 15) is 0 Å². The molecule has 0 aliphatic heterocycles. The molecule has 0 amide bonds. The molecule has 22 heavy (non-hydrogen) atoms. The molecule has 1 atom stereocenters. The van der Waals surface area contributed by atoms with Crippen molar-refractivity contribution in [1.82, 2.24) is 0 Å². The van der Waals surface area contributed by atoms with Crippen LogP contribution in [-0.4, -0.2) is 27.1 Å². The molecule has 1 saturated carbocycles. The van der Waals surface area contributed by atoms with Gasteiger partial charge in [0.05, 0.1) is 0 Å². The van der Waals surface area contributed by atoms with Crippen LogP contribution in [-0.2, 0) is 13.3 Å². The maximum atomic E-state index is 6.44. The predicted molar refractivity (Wildman–Crippen MR) is 92.6 cm³/mol. The van der Waals surface area contributed by atoms with Gasteiger partial charge in [-0.3, -0.25) is 0 Å². The summed E-state index contributed by atoms with van der Waals surface area (Å²) >= 11 is 0. The van der Waals surface area contributed by atoms with Crippen LogP contribution in [0.2, 0.25) is 0 Å². The summed E-state index contributed by atoms with van der Waals surface area (Å²) in [5.41, 5.74) is 1.94. The van der Waals surface area contributed by atoms with Crippen molar-refractivity contribution in [2.45, 2.75) is 93.5 Å². The van der Waals surface area contributed by atoms with Gasteiger partial charge in [0, 0.05) is 28.9 Å². The first kappa shape index (κ1) is 18.2. The van der Waals surface area contributed by atoms with Crippen molar-refractivity contribution in [3.8, 4) is 0 Å². The maximum Gasteiger partial charge on any atom is 0.534 e. The van der Waals surface area contributed by atoms with E-state index in [2.05, 4.69) is 62.3 Å². The molecule has 0 aromatic carbocycles. The summed E-state index contributed by atoms with van der Waals surface area (Å²) in [7, 11) is -2.85. The zero-order chi connectivity index (χ0) is 16.9. The second-order valence-electron chi connectivity index (χ2n) is 8.37. The molecular weight excluding hydrogens is 292 g/mol. The van der Waals surface area contributed by atoms with Crippen LogP contribution in [0.15, 0.2) is 10.8 Å². The molecule has 4 heteroatoms. The summed E-state index contributed by atoms with van der Waals surface area (Å²) in [4.78, 5) is 0. The first-order valence-electron chi connectivity index (χ1n) is 8.74. The van der Waals surface area contributed by atoms with Crippen LogP contribution < -0.4 is 0 Å². The Bertz CT molecular complexity index is 438. The third-order valence-electron chi connectivity index (χ3n) is 5.34. The highest BCUT2D eigenvalue weighted by molar-refractivity contribution is 6.70. The van der Waals surface area contributed by atoms with Crippen LogP contribution in [0.1, 0.15) is 75.2 Å². The van der Waals surface area contributed by atoms with Gasteiger partial charge >= 0.3 is 8.80 Å². The van der Waals surface area contributed by atoms with E-state index >= 15 is 0 Å². The van der Waals surface area contributed by atoms with Crippen LogP contribution >= 0.6 is 0 Å². The predicted octanol–water partition coefficient (Wildman–Crippen LogP) is 4.88. The van der Waals surface area contributed by atoms with E-state index in [4.69, 9.17) is 13.3 Å². The second kappa shape index (κ2) is 5.73. The van der Waals surface area contributed by atoms with Crippen molar-refractivity contribution in [3.05, 3.63) is 10.8 Å². The Hall–Kier alpha value is -0.163. The fourth-order valence-corrected chi connectivity index (χ4v) is 8.49. The van der Waals surface area contributed by atoms with E-state index in [1.165, 1.54) is 17.2 Å². The number of rotatable bonds is 7. The fraction of sp³-hybridized carbons (Fsp3) is 0.889. The lowest BCUT2D eigenvalue weighted by Gasteiger charge is -2.55. The fourth-order valence-electron chi connectivity index (χ4n) is 4.19. The van der Waals surface area contributed by atoms with Crippen LogP contribution in [0.3, 0.4) is 0 Å². The number of hydrogen-bond acceptors (Lipinski definition) is 3. The molecular formula is C18H34O3Si. The minimum absolute atomic E-state index is 0.101. The van der Waals surface area contributed by atoms with Crippen molar-refractivity contribution in [2.75, 3.05) is 0 Å². The molecule has 3 aliphatic rings. The van der Waals surface area contributed by atoms with Crippen LogP contribution in [0.25, 0.3) is 0 Å². The van der Waals surface area contributed by atoms with Gasteiger partial charge in [-0.05, 0) is 59.8 Å². The number of allylic oxidation sites excluding steroid dienone is 2. The Labute approximate surface area is 137 Å². The Balaban J connectivity index is 2.51. The molecule has 3 rings (SSSR count). The molecule has 0 aromatic heterocycles. The zero-order valence-corrected chi connectivity index (χ0v) is 16.9. The summed E-state index contributed by atoms with van der Waals surface area (Å²) in [6.45, 7) is 19.6. The summed E-state index contributed by atoms with van der Waals surface area (Å²) in [6.07, 6.45) is 2.67. The van der Waals surface area contributed by atoms with Gasteiger partial charge in [-0.25, -0.2) is 0 Å². The topological polar surface area (TPSA) is 27.7 Å². The summed E-state index contributed by atoms with van der Waals surface area (Å²) in [5.74, 6) is 0. The van der Waals surface area contributed by atoms with E-state index in [0.29, 0.717) is 0 Å². The molecule has 0 spiro atoms. The zero-order valence-electron chi connectivity index (χ0n) is 15.9. The standard InChI is InChI=1S/C18H34O3Si/c1-12(2)19-22(20-13(3)4,21-14(5)6)16-15-10-11-18(16,9)17(15,7)8/h12-14H,10-11H2,1-9H3/t18-/m0/s1. The van der Waals surface area contributed by atoms with Crippen molar-refractivity contribution in [1.29, 1.82) is 0 Å². The van der Waals surface area contributed by atoms with Gasteiger partial charge in [0.25, 0.3) is 0 Å². The largest absolute Gasteiger partial charge is 0.534 e. The molecule has 0 aromatic rings. The molecule has 0 radical (unpaired) electrons. The van der Waals surface area contributed by atoms with E-state index in [1.807, 2.05) is 0 Å². The van der Waals surface area contributed by atoms with Crippen molar-refractivity contribution in [2.24, 2.45) is 10.8 Å². The minimum Gasteiger partial charge on any atom is -0.368 e. The van der Waals surface area contributed by atoms with Gasteiger partial charge in [-0.2, -0.15) is 0 Å². The highest BCUT2D eigenvalue weighted by atomic mass is 28.4. The third-order valence-corrected chi connectivity index (χ3v) is 9.15. The van der Waals surface area contributed by atoms with Crippen LogP contribution in [0.5, 0.6) is 0 Å². The van der Waals surface area contributed by atoms with Crippen molar-refractivity contribution in [3.63, 3.8) is 0 Å². The normalized spacial score (nSPS) is 27.3. The molecule has 0 unspecified atom stereocenters. The number of fused-ring (bicyclic) bond motifs is 1. The summed E-state index contributed by atoms with van der Waals surface area (Å²) in [6, 6.07) is 0. The molecule has 1 fully saturated rings. The van der Waals surface area contributed by atoms with Gasteiger partial charge in [-0.1, -0.05) is 26.3 Å². The Morgan fingerprint density at radius 1 is 0.818 bits per heavy atom. The maximum absolute atomic E-state index is 6.44. The first-order valence-corrected chi connectivity index (χ1v) is 10.5. The molecule has 0 N–H and O–H groups in total. The van der Waals surface area contributed by atoms with E-state index in [1.54, 1.807) is 0 Å². The monoisotopic (exact) mass is 326 g/mol. The summed E-state index contributed by atoms with van der Waals surface area (Å²) < 4.78 is 19.3. The molecule has 0 saturated heterocycles. The second-order valence-corrected chi connectivity index (χ2v) is 10.7. The highest BCUT2D eigenvalue weighted by Crippen LogP contribution is 2.72. The summed E-state index contributed by atoms with van der Waals surface area (Å²) in [5, 5.41) is 1.39. The van der Waals surface area contributed by atoms with E-state index in [-0.39, 0.29) is 29.1 Å². The van der Waals surface area contributed by atoms with E-state index < -0.39 is 8.80 Å². The SMILES string of the molecule is CC(C)O[Si](OC(C)C)(OC(C)C)C1=C2CC[C@]1(C)C2(C)C. The average Bonchev–Trinajstić information content (AvgIpc) is 2.77. The van der Waals surface area contributed by atoms with Gasteiger partial charge in [-0.15, -0.1) is 0 Å². The van der Waals surface area contributed by atoms with Crippen LogP contribution in [0, 0.1) is 10.8 Å². The lowest BCUT2D eigenvalue weighted by atomic mass is 9.59. The minimum atomic E-state index is -2.85. The Morgan fingerprint density at radius 2 is 1.23 bits per heavy atom. The first-order chi connectivity index (χ1) is 9.96.